The highest BCUT2D eigenvalue weighted by molar-refractivity contribution is 5.24. The molecule has 1 aromatic rings. The molecule has 0 radical (unpaired) electrons. The smallest absolute Gasteiger partial charge is 0.115 e. The van der Waals surface area contributed by atoms with Crippen LogP contribution in [0.3, 0.4) is 0 Å². The fourth-order valence-electron chi connectivity index (χ4n) is 2.99. The van der Waals surface area contributed by atoms with E-state index >= 15 is 0 Å². The summed E-state index contributed by atoms with van der Waals surface area (Å²) < 4.78 is 4.25. The highest BCUT2D eigenvalue weighted by Crippen LogP contribution is 2.13. The summed E-state index contributed by atoms with van der Waals surface area (Å²) in [7, 11) is 3.25. The molecular weight excluding hydrogens is 344 g/mol. The molecule has 0 aliphatic rings. The zero-order chi connectivity index (χ0) is 21.3. The number of methoxy groups -OCH3 is 1. The quantitative estimate of drug-likeness (QED) is 0.319. The second kappa shape index (κ2) is 26.0. The summed E-state index contributed by atoms with van der Waals surface area (Å²) in [4.78, 5) is 0. The maximum absolute atomic E-state index is 8.76. The predicted octanol–water partition coefficient (Wildman–Crippen LogP) is 8.84. The zero-order valence-electron chi connectivity index (χ0n) is 19.8. The van der Waals surface area contributed by atoms with Gasteiger partial charge in [-0.25, -0.2) is 0 Å². The molecule has 0 atom stereocenters. The van der Waals surface area contributed by atoms with Gasteiger partial charge in [-0.3, -0.25) is 0 Å². The predicted molar refractivity (Wildman–Crippen MR) is 126 cm³/mol. The molecule has 2 heteroatoms. The van der Waals surface area contributed by atoms with Gasteiger partial charge < -0.3 is 9.84 Å². The summed E-state index contributed by atoms with van der Waals surface area (Å²) in [5, 5.41) is 8.76. The lowest BCUT2D eigenvalue weighted by molar-refractivity contribution is 0.277. The zero-order valence-corrected chi connectivity index (χ0v) is 19.8. The maximum Gasteiger partial charge on any atom is 0.115 e. The van der Waals surface area contributed by atoms with Crippen LogP contribution in [0.5, 0.6) is 5.75 Å². The molecule has 0 saturated carbocycles. The van der Waals surface area contributed by atoms with Gasteiger partial charge in [-0.2, -0.15) is 0 Å². The van der Waals surface area contributed by atoms with Crippen LogP contribution in [-0.4, -0.2) is 19.3 Å². The number of phenolic OH excluding ortho intramolecular Hbond substituents is 1. The molecule has 0 bridgehead atoms. The molecule has 1 N–H and O–H groups in total. The van der Waals surface area contributed by atoms with Crippen molar-refractivity contribution in [1.29, 1.82) is 0 Å². The van der Waals surface area contributed by atoms with E-state index in [0.717, 1.165) is 0 Å². The third-order valence-corrected chi connectivity index (χ3v) is 4.74. The van der Waals surface area contributed by atoms with Crippen LogP contribution in [0.1, 0.15) is 116 Å². The Balaban J connectivity index is 0. The maximum atomic E-state index is 8.76. The van der Waals surface area contributed by atoms with Crippen molar-refractivity contribution in [1.82, 2.24) is 0 Å². The molecular formula is C26H50O2. The van der Waals surface area contributed by atoms with Crippen molar-refractivity contribution in [3.63, 3.8) is 0 Å². The SMILES string of the molecule is CCCCCCCCCCCCCCCCC.COC.Cc1ccc(O)cc1. The van der Waals surface area contributed by atoms with Crippen molar-refractivity contribution < 1.29 is 9.84 Å². The highest BCUT2D eigenvalue weighted by atomic mass is 16.4. The molecule has 0 unspecified atom stereocenters. The summed E-state index contributed by atoms with van der Waals surface area (Å²) in [5.41, 5.74) is 1.17. The number of hydrogen-bond acceptors (Lipinski definition) is 2. The normalized spacial score (nSPS) is 9.89. The Morgan fingerprint density at radius 3 is 1.04 bits per heavy atom. The van der Waals surface area contributed by atoms with Gasteiger partial charge in [0.2, 0.25) is 0 Å². The number of aryl methyl sites for hydroxylation is 1. The Morgan fingerprint density at radius 2 is 0.821 bits per heavy atom. The van der Waals surface area contributed by atoms with Crippen LogP contribution in [-0.2, 0) is 4.74 Å². The molecule has 1 rings (SSSR count). The first-order valence-corrected chi connectivity index (χ1v) is 11.8. The second-order valence-electron chi connectivity index (χ2n) is 7.84. The van der Waals surface area contributed by atoms with Crippen LogP contribution in [0, 0.1) is 6.92 Å². The number of phenols is 1. The fourth-order valence-corrected chi connectivity index (χ4v) is 2.99. The number of ether oxygens (including phenoxy) is 1. The van der Waals surface area contributed by atoms with Crippen molar-refractivity contribution in [2.45, 2.75) is 117 Å². The minimum atomic E-state index is 0.329. The molecule has 0 fully saturated rings. The standard InChI is InChI=1S/C17H36.C7H8O.C2H6O/c1-3-5-7-9-11-13-15-17-16-14-12-10-8-6-4-2;1-6-2-4-7(8)5-3-6;1-3-2/h3-17H2,1-2H3;2-5,8H,1H3;1-2H3. The van der Waals surface area contributed by atoms with Crippen LogP contribution < -0.4 is 0 Å². The van der Waals surface area contributed by atoms with Gasteiger partial charge >= 0.3 is 0 Å². The third kappa shape index (κ3) is 27.2. The first-order chi connectivity index (χ1) is 13.6. The molecule has 2 nitrogen and oxygen atoms in total. The van der Waals surface area contributed by atoms with Gasteiger partial charge in [0, 0.05) is 14.2 Å². The third-order valence-electron chi connectivity index (χ3n) is 4.74. The molecule has 0 aliphatic carbocycles. The first-order valence-electron chi connectivity index (χ1n) is 11.8. The van der Waals surface area contributed by atoms with Gasteiger partial charge in [0.15, 0.2) is 0 Å². The van der Waals surface area contributed by atoms with E-state index in [1.54, 1.807) is 26.4 Å². The van der Waals surface area contributed by atoms with Gasteiger partial charge in [-0.15, -0.1) is 0 Å². The van der Waals surface area contributed by atoms with E-state index in [1.165, 1.54) is 102 Å². The van der Waals surface area contributed by atoms with Crippen LogP contribution in [0.4, 0.5) is 0 Å². The lowest BCUT2D eigenvalue weighted by Gasteiger charge is -2.02. The largest absolute Gasteiger partial charge is 0.508 e. The van der Waals surface area contributed by atoms with E-state index in [9.17, 15) is 0 Å². The van der Waals surface area contributed by atoms with Crippen LogP contribution >= 0.6 is 0 Å². The molecule has 0 amide bonds. The second-order valence-corrected chi connectivity index (χ2v) is 7.84. The molecule has 0 aromatic heterocycles. The van der Waals surface area contributed by atoms with Crippen molar-refractivity contribution in [2.75, 3.05) is 14.2 Å². The monoisotopic (exact) mass is 394 g/mol. The Labute approximate surface area is 177 Å². The Bertz CT molecular complexity index is 338. The summed E-state index contributed by atoms with van der Waals surface area (Å²) in [6.45, 7) is 6.57. The summed E-state index contributed by atoms with van der Waals surface area (Å²) in [5.74, 6) is 0.329. The van der Waals surface area contributed by atoms with Crippen LogP contribution in [0.2, 0.25) is 0 Å². The van der Waals surface area contributed by atoms with E-state index in [2.05, 4.69) is 18.6 Å². The van der Waals surface area contributed by atoms with Gasteiger partial charge in [0.05, 0.1) is 0 Å². The molecule has 0 saturated heterocycles. The number of hydrogen-bond donors (Lipinski definition) is 1. The molecule has 166 valence electrons. The Kier molecular flexibility index (Phi) is 27.1. The number of aromatic hydroxyl groups is 1. The average Bonchev–Trinajstić information content (AvgIpc) is 2.69. The van der Waals surface area contributed by atoms with Gasteiger partial charge in [0.1, 0.15) is 5.75 Å². The van der Waals surface area contributed by atoms with E-state index in [4.69, 9.17) is 5.11 Å². The van der Waals surface area contributed by atoms with Gasteiger partial charge in [-0.05, 0) is 19.1 Å². The molecule has 28 heavy (non-hydrogen) atoms. The molecule has 1 aromatic carbocycles. The van der Waals surface area contributed by atoms with Crippen molar-refractivity contribution in [3.05, 3.63) is 29.8 Å². The van der Waals surface area contributed by atoms with Crippen LogP contribution in [0.25, 0.3) is 0 Å². The first kappa shape index (κ1) is 29.2. The lowest BCUT2D eigenvalue weighted by atomic mass is 10.0. The molecule has 0 spiro atoms. The fraction of sp³-hybridized carbons (Fsp3) is 0.769. The van der Waals surface area contributed by atoms with Crippen molar-refractivity contribution >= 4 is 0 Å². The minimum absolute atomic E-state index is 0.329. The minimum Gasteiger partial charge on any atom is -0.508 e. The van der Waals surface area contributed by atoms with Crippen LogP contribution in [0.15, 0.2) is 24.3 Å². The summed E-state index contributed by atoms with van der Waals surface area (Å²) >= 11 is 0. The average molecular weight is 395 g/mol. The molecule has 0 heterocycles. The Morgan fingerprint density at radius 1 is 0.571 bits per heavy atom. The summed E-state index contributed by atoms with van der Waals surface area (Å²) in [6, 6.07) is 7.09. The number of unbranched alkanes of at least 4 members (excludes halogenated alkanes) is 14. The number of benzene rings is 1. The van der Waals surface area contributed by atoms with E-state index in [0.29, 0.717) is 5.75 Å². The van der Waals surface area contributed by atoms with Crippen molar-refractivity contribution in [3.8, 4) is 5.75 Å². The topological polar surface area (TPSA) is 29.5 Å². The van der Waals surface area contributed by atoms with Gasteiger partial charge in [-0.1, -0.05) is 128 Å². The highest BCUT2D eigenvalue weighted by Gasteiger charge is 1.93. The summed E-state index contributed by atoms with van der Waals surface area (Å²) in [6.07, 6.45) is 21.9. The van der Waals surface area contributed by atoms with E-state index in [1.807, 2.05) is 19.1 Å². The lowest BCUT2D eigenvalue weighted by Crippen LogP contribution is -1.82. The van der Waals surface area contributed by atoms with Gasteiger partial charge in [0.25, 0.3) is 0 Å². The Hall–Kier alpha value is -1.02. The number of rotatable bonds is 14. The van der Waals surface area contributed by atoms with E-state index in [-0.39, 0.29) is 0 Å². The van der Waals surface area contributed by atoms with E-state index < -0.39 is 0 Å². The molecule has 0 aliphatic heterocycles. The van der Waals surface area contributed by atoms with Crippen molar-refractivity contribution in [2.24, 2.45) is 0 Å².